The second-order valence-corrected chi connectivity index (χ2v) is 5.43. The van der Waals surface area contributed by atoms with Crippen molar-refractivity contribution in [3.05, 3.63) is 16.1 Å². The zero-order valence-corrected chi connectivity index (χ0v) is 11.0. The van der Waals surface area contributed by atoms with Gasteiger partial charge in [-0.05, 0) is 26.3 Å². The fraction of sp³-hybridized carbons (Fsp3) is 0.750. The first-order valence-corrected chi connectivity index (χ1v) is 7.02. The van der Waals surface area contributed by atoms with E-state index in [2.05, 4.69) is 34.6 Å². The molecule has 1 aliphatic heterocycles. The molecule has 1 unspecified atom stereocenters. The molecule has 3 nitrogen and oxygen atoms in total. The Labute approximate surface area is 102 Å². The molecule has 0 bridgehead atoms. The molecule has 1 N–H and O–H groups in total. The van der Waals surface area contributed by atoms with Gasteiger partial charge in [0.1, 0.15) is 0 Å². The van der Waals surface area contributed by atoms with Gasteiger partial charge in [-0.15, -0.1) is 11.3 Å². The highest BCUT2D eigenvalue weighted by molar-refractivity contribution is 7.09. The van der Waals surface area contributed by atoms with E-state index < -0.39 is 0 Å². The zero-order valence-electron chi connectivity index (χ0n) is 10.2. The Morgan fingerprint density at radius 3 is 3.19 bits per heavy atom. The van der Waals surface area contributed by atoms with Gasteiger partial charge in [-0.2, -0.15) is 0 Å². The molecular formula is C12H21N3S. The molecule has 1 aromatic rings. The first kappa shape index (κ1) is 12.0. The minimum Gasteiger partial charge on any atom is -0.316 e. The van der Waals surface area contributed by atoms with Crippen LogP contribution in [-0.2, 0) is 13.0 Å². The highest BCUT2D eigenvalue weighted by Gasteiger charge is 2.21. The quantitative estimate of drug-likeness (QED) is 0.850. The van der Waals surface area contributed by atoms with E-state index in [1.165, 1.54) is 30.1 Å². The van der Waals surface area contributed by atoms with Crippen LogP contribution in [0.5, 0.6) is 0 Å². The first-order valence-electron chi connectivity index (χ1n) is 6.14. The fourth-order valence-corrected chi connectivity index (χ4v) is 3.08. The van der Waals surface area contributed by atoms with Gasteiger partial charge in [-0.1, -0.05) is 6.92 Å². The number of aryl methyl sites for hydroxylation is 1. The van der Waals surface area contributed by atoms with Crippen LogP contribution in [0.1, 0.15) is 30.5 Å². The van der Waals surface area contributed by atoms with Gasteiger partial charge in [0.05, 0.1) is 10.7 Å². The van der Waals surface area contributed by atoms with Crippen LogP contribution in [0.3, 0.4) is 0 Å². The van der Waals surface area contributed by atoms with Crippen LogP contribution < -0.4 is 5.32 Å². The summed E-state index contributed by atoms with van der Waals surface area (Å²) in [6.07, 6.45) is 3.59. The van der Waals surface area contributed by atoms with Crippen molar-refractivity contribution >= 4 is 11.3 Å². The lowest BCUT2D eigenvalue weighted by Gasteiger charge is -2.13. The molecule has 1 atom stereocenters. The monoisotopic (exact) mass is 239 g/mol. The number of nitrogens with one attached hydrogen (secondary N) is 1. The molecule has 0 aliphatic carbocycles. The molecule has 1 fully saturated rings. The lowest BCUT2D eigenvalue weighted by atomic mass is 10.3. The molecule has 0 spiro atoms. The normalized spacial score (nSPS) is 21.8. The highest BCUT2D eigenvalue weighted by Crippen LogP contribution is 2.16. The standard InChI is InChI=1S/C12H21N3S/c1-3-4-12-14-11(9-16-12)8-15-6-5-10(7-15)13-2/h9-10,13H,3-8H2,1-2H3. The smallest absolute Gasteiger partial charge is 0.0928 e. The number of likely N-dealkylation sites (tertiary alicyclic amines) is 1. The molecule has 0 radical (unpaired) electrons. The van der Waals surface area contributed by atoms with Gasteiger partial charge < -0.3 is 5.32 Å². The van der Waals surface area contributed by atoms with E-state index in [4.69, 9.17) is 0 Å². The van der Waals surface area contributed by atoms with Gasteiger partial charge in [0.15, 0.2) is 0 Å². The van der Waals surface area contributed by atoms with Crippen molar-refractivity contribution in [2.45, 2.75) is 38.8 Å². The number of likely N-dealkylation sites (N-methyl/N-ethyl adjacent to an activating group) is 1. The molecule has 0 amide bonds. The minimum atomic E-state index is 0.675. The molecule has 0 aromatic carbocycles. The summed E-state index contributed by atoms with van der Waals surface area (Å²) in [6.45, 7) is 5.60. The van der Waals surface area contributed by atoms with Crippen LogP contribution in [-0.4, -0.2) is 36.1 Å². The SMILES string of the molecule is CCCc1nc(CN2CCC(NC)C2)cs1. The molecule has 90 valence electrons. The Hall–Kier alpha value is -0.450. The molecule has 1 saturated heterocycles. The van der Waals surface area contributed by atoms with E-state index >= 15 is 0 Å². The summed E-state index contributed by atoms with van der Waals surface area (Å²) in [5.74, 6) is 0. The maximum Gasteiger partial charge on any atom is 0.0928 e. The van der Waals surface area contributed by atoms with E-state index in [0.29, 0.717) is 6.04 Å². The Morgan fingerprint density at radius 1 is 1.62 bits per heavy atom. The van der Waals surface area contributed by atoms with E-state index in [9.17, 15) is 0 Å². The second-order valence-electron chi connectivity index (χ2n) is 4.49. The third-order valence-corrected chi connectivity index (χ3v) is 4.09. The van der Waals surface area contributed by atoms with Crippen molar-refractivity contribution in [3.8, 4) is 0 Å². The Bertz CT molecular complexity index is 324. The summed E-state index contributed by atoms with van der Waals surface area (Å²) in [7, 11) is 2.05. The van der Waals surface area contributed by atoms with Crippen LogP contribution in [0.15, 0.2) is 5.38 Å². The third kappa shape index (κ3) is 3.03. The summed E-state index contributed by atoms with van der Waals surface area (Å²) in [5.41, 5.74) is 1.25. The number of hydrogen-bond acceptors (Lipinski definition) is 4. The number of rotatable bonds is 5. The molecule has 0 saturated carbocycles. The van der Waals surface area contributed by atoms with Crippen LogP contribution in [0.25, 0.3) is 0 Å². The van der Waals surface area contributed by atoms with Gasteiger partial charge in [0.25, 0.3) is 0 Å². The predicted molar refractivity (Wildman–Crippen MR) is 68.9 cm³/mol. The molecular weight excluding hydrogens is 218 g/mol. The van der Waals surface area contributed by atoms with Gasteiger partial charge in [0, 0.05) is 31.1 Å². The first-order chi connectivity index (χ1) is 7.81. The minimum absolute atomic E-state index is 0.675. The molecule has 2 rings (SSSR count). The van der Waals surface area contributed by atoms with Crippen LogP contribution >= 0.6 is 11.3 Å². The van der Waals surface area contributed by atoms with E-state index in [1.54, 1.807) is 0 Å². The van der Waals surface area contributed by atoms with Gasteiger partial charge in [0.2, 0.25) is 0 Å². The van der Waals surface area contributed by atoms with Crippen molar-refractivity contribution in [1.29, 1.82) is 0 Å². The number of nitrogens with zero attached hydrogens (tertiary/aromatic N) is 2. The van der Waals surface area contributed by atoms with Crippen LogP contribution in [0, 0.1) is 0 Å². The van der Waals surface area contributed by atoms with Crippen molar-refractivity contribution < 1.29 is 0 Å². The molecule has 2 heterocycles. The molecule has 1 aromatic heterocycles. The Morgan fingerprint density at radius 2 is 2.50 bits per heavy atom. The molecule has 4 heteroatoms. The average Bonchev–Trinajstić information content (AvgIpc) is 2.89. The van der Waals surface area contributed by atoms with Crippen molar-refractivity contribution in [1.82, 2.24) is 15.2 Å². The maximum atomic E-state index is 4.67. The Balaban J connectivity index is 1.84. The molecule has 1 aliphatic rings. The summed E-state index contributed by atoms with van der Waals surface area (Å²) in [5, 5.41) is 6.86. The topological polar surface area (TPSA) is 28.2 Å². The Kier molecular flexibility index (Phi) is 4.32. The average molecular weight is 239 g/mol. The zero-order chi connectivity index (χ0) is 11.4. The van der Waals surface area contributed by atoms with Gasteiger partial charge >= 0.3 is 0 Å². The van der Waals surface area contributed by atoms with Crippen molar-refractivity contribution in [3.63, 3.8) is 0 Å². The van der Waals surface area contributed by atoms with Gasteiger partial charge in [-0.3, -0.25) is 4.90 Å². The summed E-state index contributed by atoms with van der Waals surface area (Å²) < 4.78 is 0. The lowest BCUT2D eigenvalue weighted by molar-refractivity contribution is 0.319. The van der Waals surface area contributed by atoms with E-state index in [0.717, 1.165) is 19.5 Å². The molecule has 16 heavy (non-hydrogen) atoms. The largest absolute Gasteiger partial charge is 0.316 e. The van der Waals surface area contributed by atoms with E-state index in [-0.39, 0.29) is 0 Å². The van der Waals surface area contributed by atoms with Crippen LogP contribution in [0.2, 0.25) is 0 Å². The summed E-state index contributed by atoms with van der Waals surface area (Å²) in [6, 6.07) is 0.675. The predicted octanol–water partition coefficient (Wildman–Crippen LogP) is 1.89. The number of thiazole rings is 1. The van der Waals surface area contributed by atoms with Gasteiger partial charge in [-0.25, -0.2) is 4.98 Å². The number of hydrogen-bond donors (Lipinski definition) is 1. The van der Waals surface area contributed by atoms with E-state index in [1.807, 2.05) is 11.3 Å². The van der Waals surface area contributed by atoms with Crippen LogP contribution in [0.4, 0.5) is 0 Å². The summed E-state index contributed by atoms with van der Waals surface area (Å²) >= 11 is 1.81. The fourth-order valence-electron chi connectivity index (χ4n) is 2.19. The van der Waals surface area contributed by atoms with Crippen molar-refractivity contribution in [2.24, 2.45) is 0 Å². The number of aromatic nitrogens is 1. The maximum absolute atomic E-state index is 4.67. The highest BCUT2D eigenvalue weighted by atomic mass is 32.1. The van der Waals surface area contributed by atoms with Crippen molar-refractivity contribution in [2.75, 3.05) is 20.1 Å². The third-order valence-electron chi connectivity index (χ3n) is 3.13. The summed E-state index contributed by atoms with van der Waals surface area (Å²) in [4.78, 5) is 7.16. The second kappa shape index (κ2) is 5.75. The lowest BCUT2D eigenvalue weighted by Crippen LogP contribution is -2.29.